The zero-order valence-electron chi connectivity index (χ0n) is 11.4. The predicted molar refractivity (Wildman–Crippen MR) is 85.0 cm³/mol. The van der Waals surface area contributed by atoms with Gasteiger partial charge in [-0.1, -0.05) is 31.5 Å². The standard InChI is InChI=1S/C14H19N3OS2/c15-11(19)14(6-2-1-3-7-14)12(18)17-13-16-10(8-20-13)9-4-5-9/h8-9H,1-7H2,(H2,15,19)(H,16,17,18). The van der Waals surface area contributed by atoms with Gasteiger partial charge < -0.3 is 11.1 Å². The number of amides is 1. The molecule has 0 unspecified atom stereocenters. The molecule has 1 heterocycles. The van der Waals surface area contributed by atoms with E-state index in [0.717, 1.165) is 37.8 Å². The molecule has 3 N–H and O–H groups in total. The molecular formula is C14H19N3OS2. The average molecular weight is 309 g/mol. The van der Waals surface area contributed by atoms with Gasteiger partial charge in [-0.05, 0) is 25.7 Å². The molecule has 0 aromatic carbocycles. The summed E-state index contributed by atoms with van der Waals surface area (Å²) in [5.74, 6) is 0.539. The second-order valence-electron chi connectivity index (χ2n) is 5.81. The van der Waals surface area contributed by atoms with Crippen LogP contribution in [-0.2, 0) is 4.79 Å². The topological polar surface area (TPSA) is 68.0 Å². The minimum Gasteiger partial charge on any atom is -0.392 e. The Morgan fingerprint density at radius 3 is 2.70 bits per heavy atom. The van der Waals surface area contributed by atoms with Crippen LogP contribution in [0.25, 0.3) is 0 Å². The molecule has 3 rings (SSSR count). The van der Waals surface area contributed by atoms with Crippen molar-refractivity contribution in [1.82, 2.24) is 4.98 Å². The van der Waals surface area contributed by atoms with E-state index >= 15 is 0 Å². The fourth-order valence-corrected chi connectivity index (χ4v) is 3.95. The third kappa shape index (κ3) is 2.59. The number of nitrogens with zero attached hydrogens (tertiary/aromatic N) is 1. The lowest BCUT2D eigenvalue weighted by molar-refractivity contribution is -0.123. The maximum Gasteiger partial charge on any atom is 0.239 e. The van der Waals surface area contributed by atoms with E-state index in [-0.39, 0.29) is 5.91 Å². The van der Waals surface area contributed by atoms with E-state index in [2.05, 4.69) is 10.3 Å². The number of anilines is 1. The molecule has 2 aliphatic rings. The highest BCUT2D eigenvalue weighted by atomic mass is 32.1. The predicted octanol–water partition coefficient (Wildman–Crippen LogP) is 3.20. The van der Waals surface area contributed by atoms with Crippen LogP contribution in [0.4, 0.5) is 5.13 Å². The molecule has 0 saturated heterocycles. The van der Waals surface area contributed by atoms with Gasteiger partial charge in [-0.15, -0.1) is 11.3 Å². The lowest BCUT2D eigenvalue weighted by Gasteiger charge is -2.34. The number of thiocarbonyl (C=S) groups is 1. The van der Waals surface area contributed by atoms with Gasteiger partial charge in [0.25, 0.3) is 0 Å². The third-order valence-corrected chi connectivity index (χ3v) is 5.52. The number of thiazole rings is 1. The van der Waals surface area contributed by atoms with E-state index in [4.69, 9.17) is 18.0 Å². The number of carbonyl (C=O) groups is 1. The van der Waals surface area contributed by atoms with Gasteiger partial charge >= 0.3 is 0 Å². The fourth-order valence-electron chi connectivity index (χ4n) is 2.87. The Bertz CT molecular complexity index is 530. The fraction of sp³-hybridized carbons (Fsp3) is 0.643. The summed E-state index contributed by atoms with van der Waals surface area (Å²) in [6, 6.07) is 0. The Kier molecular flexibility index (Phi) is 3.77. The molecule has 1 aromatic heterocycles. The third-order valence-electron chi connectivity index (χ3n) is 4.35. The van der Waals surface area contributed by atoms with E-state index in [9.17, 15) is 4.79 Å². The normalized spacial score (nSPS) is 21.4. The van der Waals surface area contributed by atoms with E-state index in [1.54, 1.807) is 0 Å². The second kappa shape index (κ2) is 5.41. The molecule has 2 fully saturated rings. The number of rotatable bonds is 4. The van der Waals surface area contributed by atoms with Gasteiger partial charge in [0.1, 0.15) is 0 Å². The zero-order valence-corrected chi connectivity index (χ0v) is 13.0. The van der Waals surface area contributed by atoms with Crippen LogP contribution in [0.3, 0.4) is 0 Å². The summed E-state index contributed by atoms with van der Waals surface area (Å²) < 4.78 is 0. The first kappa shape index (κ1) is 13.9. The van der Waals surface area contributed by atoms with Crippen molar-refractivity contribution in [3.63, 3.8) is 0 Å². The molecule has 6 heteroatoms. The molecule has 1 aromatic rings. The van der Waals surface area contributed by atoms with E-state index in [0.29, 0.717) is 16.0 Å². The van der Waals surface area contributed by atoms with Crippen LogP contribution in [0, 0.1) is 5.41 Å². The molecule has 4 nitrogen and oxygen atoms in total. The molecule has 0 spiro atoms. The summed E-state index contributed by atoms with van der Waals surface area (Å²) >= 11 is 6.67. The Balaban J connectivity index is 1.73. The Labute approximate surface area is 128 Å². The van der Waals surface area contributed by atoms with Gasteiger partial charge in [-0.25, -0.2) is 4.98 Å². The summed E-state index contributed by atoms with van der Waals surface area (Å²) in [6.07, 6.45) is 7.12. The number of nitrogens with one attached hydrogen (secondary N) is 1. The maximum absolute atomic E-state index is 12.6. The summed E-state index contributed by atoms with van der Waals surface area (Å²) in [7, 11) is 0. The molecule has 0 aliphatic heterocycles. The Morgan fingerprint density at radius 1 is 1.40 bits per heavy atom. The number of hydrogen-bond donors (Lipinski definition) is 2. The van der Waals surface area contributed by atoms with Crippen molar-refractivity contribution in [2.24, 2.45) is 11.1 Å². The first-order chi connectivity index (χ1) is 9.62. The summed E-state index contributed by atoms with van der Waals surface area (Å²) in [5, 5.41) is 5.66. The van der Waals surface area contributed by atoms with Crippen LogP contribution in [0.5, 0.6) is 0 Å². The SMILES string of the molecule is NC(=S)C1(C(=O)Nc2nc(C3CC3)cs2)CCCCC1. The number of hydrogen-bond acceptors (Lipinski definition) is 4. The van der Waals surface area contributed by atoms with Crippen LogP contribution in [0.2, 0.25) is 0 Å². The zero-order chi connectivity index (χ0) is 14.2. The molecule has 20 heavy (non-hydrogen) atoms. The monoisotopic (exact) mass is 309 g/mol. The van der Waals surface area contributed by atoms with E-state index in [1.165, 1.54) is 24.2 Å². The van der Waals surface area contributed by atoms with Gasteiger partial charge in [0.05, 0.1) is 16.1 Å². The van der Waals surface area contributed by atoms with Crippen molar-refractivity contribution >= 4 is 39.6 Å². The van der Waals surface area contributed by atoms with E-state index < -0.39 is 5.41 Å². The van der Waals surface area contributed by atoms with E-state index in [1.807, 2.05) is 5.38 Å². The van der Waals surface area contributed by atoms with Gasteiger partial charge in [0.2, 0.25) is 5.91 Å². The lowest BCUT2D eigenvalue weighted by atomic mass is 9.73. The molecule has 2 saturated carbocycles. The minimum absolute atomic E-state index is 0.0682. The minimum atomic E-state index is -0.668. The highest BCUT2D eigenvalue weighted by Crippen LogP contribution is 2.42. The largest absolute Gasteiger partial charge is 0.392 e. The van der Waals surface area contributed by atoms with Crippen LogP contribution in [0.1, 0.15) is 56.6 Å². The molecule has 0 bridgehead atoms. The number of aromatic nitrogens is 1. The average Bonchev–Trinajstić information content (AvgIpc) is 3.20. The lowest BCUT2D eigenvalue weighted by Crippen LogP contribution is -2.47. The van der Waals surface area contributed by atoms with Crippen molar-refractivity contribution in [2.45, 2.75) is 50.9 Å². The summed E-state index contributed by atoms with van der Waals surface area (Å²) in [5.41, 5.74) is 6.32. The molecule has 0 radical (unpaired) electrons. The van der Waals surface area contributed by atoms with Crippen LogP contribution < -0.4 is 11.1 Å². The number of nitrogens with two attached hydrogens (primary N) is 1. The summed E-state index contributed by atoms with van der Waals surface area (Å²) in [6.45, 7) is 0. The molecule has 1 amide bonds. The smallest absolute Gasteiger partial charge is 0.239 e. The maximum atomic E-state index is 12.6. The van der Waals surface area contributed by atoms with Gasteiger partial charge in [-0.3, -0.25) is 4.79 Å². The van der Waals surface area contributed by atoms with Crippen LogP contribution in [-0.4, -0.2) is 15.9 Å². The highest BCUT2D eigenvalue weighted by molar-refractivity contribution is 7.80. The van der Waals surface area contributed by atoms with Crippen LogP contribution >= 0.6 is 23.6 Å². The van der Waals surface area contributed by atoms with Crippen molar-refractivity contribution < 1.29 is 4.79 Å². The quantitative estimate of drug-likeness (QED) is 0.838. The first-order valence-corrected chi connectivity index (χ1v) is 8.47. The summed E-state index contributed by atoms with van der Waals surface area (Å²) in [4.78, 5) is 17.4. The molecule has 0 atom stereocenters. The highest BCUT2D eigenvalue weighted by Gasteiger charge is 2.42. The number of carbonyl (C=O) groups excluding carboxylic acids is 1. The van der Waals surface area contributed by atoms with Crippen LogP contribution in [0.15, 0.2) is 5.38 Å². The molecular weight excluding hydrogens is 290 g/mol. The van der Waals surface area contributed by atoms with Gasteiger partial charge in [0.15, 0.2) is 5.13 Å². The van der Waals surface area contributed by atoms with Crippen molar-refractivity contribution in [2.75, 3.05) is 5.32 Å². The Morgan fingerprint density at radius 2 is 2.10 bits per heavy atom. The van der Waals surface area contributed by atoms with Crippen molar-refractivity contribution in [3.05, 3.63) is 11.1 Å². The van der Waals surface area contributed by atoms with Crippen molar-refractivity contribution in [1.29, 1.82) is 0 Å². The Hall–Kier alpha value is -1.01. The molecule has 2 aliphatic carbocycles. The van der Waals surface area contributed by atoms with Gasteiger partial charge in [-0.2, -0.15) is 0 Å². The van der Waals surface area contributed by atoms with Crippen molar-refractivity contribution in [3.8, 4) is 0 Å². The molecule has 108 valence electrons. The second-order valence-corrected chi connectivity index (χ2v) is 7.11. The first-order valence-electron chi connectivity index (χ1n) is 7.18. The van der Waals surface area contributed by atoms with Gasteiger partial charge in [0, 0.05) is 11.3 Å².